The first-order valence-corrected chi connectivity index (χ1v) is 12.8. The molecule has 224 valence electrons. The van der Waals surface area contributed by atoms with Crippen molar-refractivity contribution in [3.63, 3.8) is 0 Å². The normalized spacial score (nSPS) is 28.5. The van der Waals surface area contributed by atoms with Gasteiger partial charge >= 0.3 is 11.9 Å². The molecule has 2 aromatic carbocycles. The first-order valence-electron chi connectivity index (χ1n) is 12.8. The molecule has 15 nitrogen and oxygen atoms in total. The summed E-state index contributed by atoms with van der Waals surface area (Å²) in [4.78, 5) is 40.2. The highest BCUT2D eigenvalue weighted by Crippen LogP contribution is 2.43. The van der Waals surface area contributed by atoms with Crippen LogP contribution in [0.15, 0.2) is 36.4 Å². The van der Waals surface area contributed by atoms with Gasteiger partial charge in [0.15, 0.2) is 17.6 Å². The fourth-order valence-electron chi connectivity index (χ4n) is 4.87. The lowest BCUT2D eigenvalue weighted by Gasteiger charge is -2.44. The number of fused-ring (bicyclic) bond motifs is 1. The first-order chi connectivity index (χ1) is 19.8. The third-order valence-corrected chi connectivity index (χ3v) is 7.26. The number of anilines is 1. The summed E-state index contributed by atoms with van der Waals surface area (Å²) in [5.74, 6) is -7.07. The molecule has 0 bridgehead atoms. The van der Waals surface area contributed by atoms with Crippen molar-refractivity contribution >= 4 is 29.5 Å². The van der Waals surface area contributed by atoms with Gasteiger partial charge in [-0.25, -0.2) is 4.79 Å². The molecule has 2 aromatic rings. The van der Waals surface area contributed by atoms with E-state index >= 15 is 0 Å². The molecule has 2 fully saturated rings. The summed E-state index contributed by atoms with van der Waals surface area (Å²) >= 11 is 0. The third kappa shape index (κ3) is 5.24. The Morgan fingerprint density at radius 2 is 1.76 bits per heavy atom. The maximum atomic E-state index is 13.3. The Hall–Kier alpha value is -4.25. The van der Waals surface area contributed by atoms with E-state index in [1.165, 1.54) is 29.2 Å². The Morgan fingerprint density at radius 1 is 1.05 bits per heavy atom. The number of hydrogen-bond donors (Lipinski definition) is 8. The molecule has 0 aliphatic carbocycles. The van der Waals surface area contributed by atoms with Gasteiger partial charge in [-0.15, -0.1) is 0 Å². The van der Waals surface area contributed by atoms with Crippen molar-refractivity contribution in [3.05, 3.63) is 53.1 Å². The van der Waals surface area contributed by atoms with Gasteiger partial charge in [-0.2, -0.15) is 0 Å². The zero-order valence-electron chi connectivity index (χ0n) is 21.8. The van der Waals surface area contributed by atoms with Crippen LogP contribution in [0.1, 0.15) is 21.5 Å². The fraction of sp³-hybridized carbons (Fsp3) is 0.370. The summed E-state index contributed by atoms with van der Waals surface area (Å²) in [5, 5.41) is 80.9. The van der Waals surface area contributed by atoms with Crippen molar-refractivity contribution in [1.29, 1.82) is 0 Å². The molecule has 2 amide bonds. The second kappa shape index (κ2) is 10.9. The molecule has 8 N–H and O–H groups in total. The molecule has 15 heteroatoms. The number of phenols is 2. The van der Waals surface area contributed by atoms with Gasteiger partial charge in [0.25, 0.3) is 11.8 Å². The van der Waals surface area contributed by atoms with E-state index in [1.807, 2.05) is 0 Å². The molecule has 2 saturated heterocycles. The second-order valence-corrected chi connectivity index (χ2v) is 10.1. The summed E-state index contributed by atoms with van der Waals surface area (Å²) in [6.07, 6.45) is -5.47. The van der Waals surface area contributed by atoms with E-state index in [9.17, 15) is 55.2 Å². The lowest BCUT2D eigenvalue weighted by Crippen LogP contribution is -2.67. The van der Waals surface area contributed by atoms with E-state index in [2.05, 4.69) is 0 Å². The molecule has 42 heavy (non-hydrogen) atoms. The summed E-state index contributed by atoms with van der Waals surface area (Å²) in [5.41, 5.74) is 0.615. The van der Waals surface area contributed by atoms with Crippen LogP contribution in [0.25, 0.3) is 6.08 Å². The van der Waals surface area contributed by atoms with Crippen LogP contribution in [0.2, 0.25) is 0 Å². The highest BCUT2D eigenvalue weighted by Gasteiger charge is 2.55. The Labute approximate surface area is 237 Å². The molecular formula is C27H28N2O13. The van der Waals surface area contributed by atoms with Gasteiger partial charge in [0.2, 0.25) is 0 Å². The molecule has 0 aromatic heterocycles. The monoisotopic (exact) mass is 588 g/mol. The molecule has 0 radical (unpaired) electrons. The quantitative estimate of drug-likeness (QED) is 0.100. The summed E-state index contributed by atoms with van der Waals surface area (Å²) < 4.78 is 10.3. The van der Waals surface area contributed by atoms with Crippen molar-refractivity contribution < 1.29 is 64.7 Å². The summed E-state index contributed by atoms with van der Waals surface area (Å²) in [7, 11) is 0. The molecule has 3 aliphatic rings. The number of carboxylic acid groups (broad SMARTS) is 1. The number of amides is 2. The number of hydrogen-bond acceptors (Lipinski definition) is 12. The SMILES string of the molecule is O=C(O)[C@H]1Cc2cc(O)c(O[C@]3(O)O[C@H](CO)[C@@H](O)[C@H](O)[C@H]3O)cc2N1C(=O)/C=C/c1ccc(O)c(C(=O)N2CC2)c1. The van der Waals surface area contributed by atoms with E-state index in [0.29, 0.717) is 18.7 Å². The number of carboxylic acids is 1. The van der Waals surface area contributed by atoms with Crippen LogP contribution >= 0.6 is 0 Å². The average Bonchev–Trinajstić information content (AvgIpc) is 3.74. The number of rotatable bonds is 7. The minimum absolute atomic E-state index is 0.0267. The lowest BCUT2D eigenvalue weighted by molar-refractivity contribution is -0.422. The van der Waals surface area contributed by atoms with Gasteiger partial charge in [-0.1, -0.05) is 6.07 Å². The van der Waals surface area contributed by atoms with Crippen molar-refractivity contribution in [2.24, 2.45) is 0 Å². The number of carbonyl (C=O) groups is 3. The standard InChI is InChI=1S/C27H28N2O13/c30-11-20-22(34)23(35)24(36)27(40,42-20)41-19-10-15-13(9-18(19)32)8-16(26(38)39)29(15)21(33)4-2-12-1-3-17(31)14(7-12)25(37)28-5-6-28/h1-4,7,9-10,16,20,22-24,30-32,34-36,40H,5-6,8,11H2,(H,38,39)/b4-2+/t16-,20-,22-,23+,24-,27+/m1/s1. The van der Waals surface area contributed by atoms with Crippen LogP contribution in [0.5, 0.6) is 17.2 Å². The maximum absolute atomic E-state index is 13.3. The van der Waals surface area contributed by atoms with Gasteiger partial charge in [-0.3, -0.25) is 14.5 Å². The van der Waals surface area contributed by atoms with Crippen LogP contribution in [-0.4, -0.2) is 120 Å². The highest BCUT2D eigenvalue weighted by atomic mass is 16.8. The van der Waals surface area contributed by atoms with Crippen LogP contribution < -0.4 is 9.64 Å². The van der Waals surface area contributed by atoms with E-state index < -0.39 is 66.4 Å². The van der Waals surface area contributed by atoms with Gasteiger partial charge < -0.3 is 55.2 Å². The highest BCUT2D eigenvalue weighted by molar-refractivity contribution is 6.09. The first kappa shape index (κ1) is 29.2. The predicted octanol–water partition coefficient (Wildman–Crippen LogP) is -1.89. The predicted molar refractivity (Wildman–Crippen MR) is 139 cm³/mol. The van der Waals surface area contributed by atoms with Crippen LogP contribution in [-0.2, 0) is 20.7 Å². The molecule has 5 rings (SSSR count). The third-order valence-electron chi connectivity index (χ3n) is 7.26. The van der Waals surface area contributed by atoms with E-state index in [0.717, 1.165) is 23.1 Å². The number of ether oxygens (including phenoxy) is 2. The second-order valence-electron chi connectivity index (χ2n) is 10.1. The Morgan fingerprint density at radius 3 is 2.40 bits per heavy atom. The number of nitrogens with zero attached hydrogens (tertiary/aromatic N) is 2. The fourth-order valence-corrected chi connectivity index (χ4v) is 4.87. The topological polar surface area (TPSA) is 238 Å². The van der Waals surface area contributed by atoms with E-state index in [4.69, 9.17) is 9.47 Å². The molecule has 3 aliphatic heterocycles. The molecular weight excluding hydrogens is 560 g/mol. The van der Waals surface area contributed by atoms with Gasteiger partial charge in [0.1, 0.15) is 30.1 Å². The number of phenolic OH excluding ortho intramolecular Hbond substituents is 2. The van der Waals surface area contributed by atoms with Gasteiger partial charge in [-0.05, 0) is 35.4 Å². The van der Waals surface area contributed by atoms with Crippen LogP contribution in [0, 0.1) is 0 Å². The minimum Gasteiger partial charge on any atom is -0.507 e. The van der Waals surface area contributed by atoms with E-state index in [-0.39, 0.29) is 34.9 Å². The van der Waals surface area contributed by atoms with Gasteiger partial charge in [0.05, 0.1) is 17.9 Å². The number of benzene rings is 2. The van der Waals surface area contributed by atoms with Crippen molar-refractivity contribution in [1.82, 2.24) is 4.90 Å². The molecule has 3 heterocycles. The zero-order chi connectivity index (χ0) is 30.5. The lowest BCUT2D eigenvalue weighted by atomic mass is 9.98. The van der Waals surface area contributed by atoms with Crippen molar-refractivity contribution in [3.8, 4) is 17.2 Å². The Balaban J connectivity index is 1.44. The van der Waals surface area contributed by atoms with E-state index in [1.54, 1.807) is 0 Å². The number of carbonyl (C=O) groups excluding carboxylic acids is 2. The molecule has 0 unspecified atom stereocenters. The summed E-state index contributed by atoms with van der Waals surface area (Å²) in [6.45, 7) is 0.253. The minimum atomic E-state index is -3.07. The zero-order valence-corrected chi connectivity index (χ0v) is 21.8. The largest absolute Gasteiger partial charge is 0.507 e. The van der Waals surface area contributed by atoms with Crippen LogP contribution in [0.4, 0.5) is 5.69 Å². The van der Waals surface area contributed by atoms with Crippen molar-refractivity contribution in [2.45, 2.75) is 42.9 Å². The number of aliphatic carboxylic acids is 1. The summed E-state index contributed by atoms with van der Waals surface area (Å²) in [6, 6.07) is 4.85. The number of aliphatic hydroxyl groups is 5. The van der Waals surface area contributed by atoms with Crippen molar-refractivity contribution in [2.75, 3.05) is 24.6 Å². The number of aromatic hydroxyl groups is 2. The Bertz CT molecular complexity index is 1460. The van der Waals surface area contributed by atoms with Crippen LogP contribution in [0.3, 0.4) is 0 Å². The molecule has 0 saturated carbocycles. The Kier molecular flexibility index (Phi) is 7.57. The molecule has 0 spiro atoms. The van der Waals surface area contributed by atoms with Gasteiger partial charge in [0, 0.05) is 31.7 Å². The molecule has 6 atom stereocenters. The number of aliphatic hydroxyl groups excluding tert-OH is 4. The maximum Gasteiger partial charge on any atom is 0.355 e. The average molecular weight is 589 g/mol. The smallest absolute Gasteiger partial charge is 0.355 e.